The van der Waals surface area contributed by atoms with Crippen molar-refractivity contribution in [3.8, 4) is 17.2 Å². The Morgan fingerprint density at radius 3 is 2.20 bits per heavy atom. The fraction of sp³-hybridized carbons (Fsp3) is 0.292. The maximum absolute atomic E-state index is 13.0. The van der Waals surface area contributed by atoms with E-state index in [1.54, 1.807) is 6.07 Å². The van der Waals surface area contributed by atoms with Crippen LogP contribution in [0.15, 0.2) is 64.2 Å². The molecular weight excluding hydrogens is 469 g/mol. The molecule has 0 aliphatic rings. The Hall–Kier alpha value is -4.02. The third-order valence-corrected chi connectivity index (χ3v) is 5.26. The summed E-state index contributed by atoms with van der Waals surface area (Å²) in [4.78, 5) is 36.2. The average Bonchev–Trinajstić information content (AvgIpc) is 2.81. The van der Waals surface area contributed by atoms with Gasteiger partial charge in [-0.25, -0.2) is 9.36 Å². The Morgan fingerprint density at radius 2 is 1.63 bits per heavy atom. The molecule has 0 aliphatic carbocycles. The summed E-state index contributed by atoms with van der Waals surface area (Å²) in [5.74, 6) is -1.31. The highest BCUT2D eigenvalue weighted by molar-refractivity contribution is 5.70. The van der Waals surface area contributed by atoms with Crippen LogP contribution in [0.1, 0.15) is 18.2 Å². The van der Waals surface area contributed by atoms with Crippen LogP contribution < -0.4 is 20.7 Å². The van der Waals surface area contributed by atoms with Crippen LogP contribution in [0.5, 0.6) is 11.5 Å². The van der Waals surface area contributed by atoms with E-state index in [1.807, 2.05) is 25.1 Å². The highest BCUT2D eigenvalue weighted by atomic mass is 19.4. The number of benzene rings is 2. The molecule has 0 bridgehead atoms. The van der Waals surface area contributed by atoms with Gasteiger partial charge in [-0.05, 0) is 48.4 Å². The van der Waals surface area contributed by atoms with E-state index in [-0.39, 0.29) is 24.7 Å². The van der Waals surface area contributed by atoms with E-state index < -0.39 is 35.0 Å². The lowest BCUT2D eigenvalue weighted by Crippen LogP contribution is -2.40. The molecule has 35 heavy (non-hydrogen) atoms. The van der Waals surface area contributed by atoms with E-state index >= 15 is 0 Å². The molecule has 0 fully saturated rings. The van der Waals surface area contributed by atoms with E-state index in [0.717, 1.165) is 19.0 Å². The number of carboxylic acid groups (broad SMARTS) is 1. The molecule has 0 amide bonds. The fourth-order valence-corrected chi connectivity index (χ4v) is 3.27. The molecule has 186 valence electrons. The lowest BCUT2D eigenvalue weighted by Gasteiger charge is -2.16. The SMILES string of the molecule is CCc1cccc(OCC(COc2ccc(-n3c(=O)cc(C(F)(F)F)n(C)c3=O)cc2)C(=O)O)c1. The zero-order valence-electron chi connectivity index (χ0n) is 18.9. The van der Waals surface area contributed by atoms with Gasteiger partial charge in [0.2, 0.25) is 0 Å². The minimum Gasteiger partial charge on any atom is -0.493 e. The number of ether oxygens (including phenoxy) is 2. The molecule has 1 aromatic heterocycles. The molecule has 11 heteroatoms. The number of rotatable bonds is 9. The summed E-state index contributed by atoms with van der Waals surface area (Å²) in [5, 5.41) is 9.47. The van der Waals surface area contributed by atoms with Gasteiger partial charge in [-0.2, -0.15) is 13.2 Å². The second-order valence-electron chi connectivity index (χ2n) is 7.69. The van der Waals surface area contributed by atoms with Crippen LogP contribution in [0.4, 0.5) is 13.2 Å². The van der Waals surface area contributed by atoms with Gasteiger partial charge in [0.1, 0.15) is 36.3 Å². The lowest BCUT2D eigenvalue weighted by atomic mass is 10.1. The summed E-state index contributed by atoms with van der Waals surface area (Å²) < 4.78 is 51.1. The van der Waals surface area contributed by atoms with Gasteiger partial charge in [0.25, 0.3) is 5.56 Å². The van der Waals surface area contributed by atoms with E-state index in [0.29, 0.717) is 21.0 Å². The van der Waals surface area contributed by atoms with Crippen molar-refractivity contribution in [2.75, 3.05) is 13.2 Å². The Balaban J connectivity index is 1.71. The number of carbonyl (C=O) groups is 1. The molecule has 2 aromatic carbocycles. The second kappa shape index (κ2) is 10.5. The smallest absolute Gasteiger partial charge is 0.431 e. The van der Waals surface area contributed by atoms with Crippen molar-refractivity contribution in [2.24, 2.45) is 13.0 Å². The molecule has 1 heterocycles. The highest BCUT2D eigenvalue weighted by Crippen LogP contribution is 2.27. The number of aromatic nitrogens is 2. The molecule has 1 atom stereocenters. The van der Waals surface area contributed by atoms with E-state index in [9.17, 15) is 32.7 Å². The molecule has 0 radical (unpaired) electrons. The molecule has 0 aliphatic heterocycles. The molecule has 0 spiro atoms. The van der Waals surface area contributed by atoms with Gasteiger partial charge in [0.05, 0.1) is 5.69 Å². The number of nitrogens with zero attached hydrogens (tertiary/aromatic N) is 2. The van der Waals surface area contributed by atoms with Crippen molar-refractivity contribution < 1.29 is 32.5 Å². The quantitative estimate of drug-likeness (QED) is 0.492. The van der Waals surface area contributed by atoms with Crippen molar-refractivity contribution >= 4 is 5.97 Å². The maximum Gasteiger partial charge on any atom is 0.431 e. The van der Waals surface area contributed by atoms with Gasteiger partial charge < -0.3 is 14.6 Å². The van der Waals surface area contributed by atoms with Gasteiger partial charge >= 0.3 is 17.8 Å². The van der Waals surface area contributed by atoms with Crippen LogP contribution in [0.25, 0.3) is 5.69 Å². The Bertz CT molecular complexity index is 1310. The van der Waals surface area contributed by atoms with E-state index in [1.165, 1.54) is 24.3 Å². The Labute approximate surface area is 197 Å². The first-order valence-electron chi connectivity index (χ1n) is 10.6. The number of hydrogen-bond donors (Lipinski definition) is 1. The monoisotopic (exact) mass is 492 g/mol. The zero-order valence-corrected chi connectivity index (χ0v) is 18.9. The first-order valence-corrected chi connectivity index (χ1v) is 10.6. The molecule has 3 rings (SSSR count). The maximum atomic E-state index is 13.0. The van der Waals surface area contributed by atoms with Crippen molar-refractivity contribution in [2.45, 2.75) is 19.5 Å². The van der Waals surface area contributed by atoms with Crippen LogP contribution >= 0.6 is 0 Å². The largest absolute Gasteiger partial charge is 0.493 e. The fourth-order valence-electron chi connectivity index (χ4n) is 3.27. The topological polar surface area (TPSA) is 99.8 Å². The molecular formula is C24H23F3N2O6. The molecule has 1 unspecified atom stereocenters. The number of alkyl halides is 3. The standard InChI is InChI=1S/C24H23F3N2O6/c1-3-15-5-4-6-19(11-15)35-14-16(22(31)32)13-34-18-9-7-17(8-10-18)29-21(30)12-20(24(25,26)27)28(2)23(29)33/h4-12,16H,3,13-14H2,1-2H3,(H,31,32). The minimum atomic E-state index is -4.85. The third kappa shape index (κ3) is 6.11. The van der Waals surface area contributed by atoms with Crippen molar-refractivity contribution in [3.63, 3.8) is 0 Å². The predicted molar refractivity (Wildman–Crippen MR) is 120 cm³/mol. The second-order valence-corrected chi connectivity index (χ2v) is 7.69. The molecule has 3 aromatic rings. The van der Waals surface area contributed by atoms with Gasteiger partial charge in [-0.15, -0.1) is 0 Å². The van der Waals surface area contributed by atoms with Crippen LogP contribution in [0, 0.1) is 5.92 Å². The van der Waals surface area contributed by atoms with Gasteiger partial charge in [-0.1, -0.05) is 19.1 Å². The molecule has 0 saturated heterocycles. The number of hydrogen-bond acceptors (Lipinski definition) is 5. The minimum absolute atomic E-state index is 0.0330. The first-order chi connectivity index (χ1) is 16.5. The van der Waals surface area contributed by atoms with Crippen LogP contribution in [-0.4, -0.2) is 33.4 Å². The summed E-state index contributed by atoms with van der Waals surface area (Å²) in [5.41, 5.74) is -2.57. The third-order valence-electron chi connectivity index (χ3n) is 5.26. The zero-order chi connectivity index (χ0) is 25.8. The van der Waals surface area contributed by atoms with Gasteiger partial charge in [-0.3, -0.25) is 14.2 Å². The van der Waals surface area contributed by atoms with E-state index in [2.05, 4.69) is 0 Å². The van der Waals surface area contributed by atoms with Crippen LogP contribution in [0.2, 0.25) is 0 Å². The van der Waals surface area contributed by atoms with Gasteiger partial charge in [0.15, 0.2) is 0 Å². The number of carboxylic acids is 1. The summed E-state index contributed by atoms with van der Waals surface area (Å²) in [6.07, 6.45) is -4.05. The van der Waals surface area contributed by atoms with E-state index in [4.69, 9.17) is 9.47 Å². The van der Waals surface area contributed by atoms with Gasteiger partial charge in [0, 0.05) is 13.1 Å². The summed E-state index contributed by atoms with van der Waals surface area (Å²) in [7, 11) is 0.922. The molecule has 8 nitrogen and oxygen atoms in total. The van der Waals surface area contributed by atoms with Crippen molar-refractivity contribution in [1.29, 1.82) is 0 Å². The highest BCUT2D eigenvalue weighted by Gasteiger charge is 2.35. The lowest BCUT2D eigenvalue weighted by molar-refractivity contribution is -0.144. The normalized spacial score (nSPS) is 12.3. The van der Waals surface area contributed by atoms with Crippen LogP contribution in [-0.2, 0) is 24.4 Å². The molecule has 1 N–H and O–H groups in total. The Morgan fingerprint density at radius 1 is 1.00 bits per heavy atom. The summed E-state index contributed by atoms with van der Waals surface area (Å²) in [6, 6.07) is 13.0. The average molecular weight is 492 g/mol. The number of halogens is 3. The Kier molecular flexibility index (Phi) is 7.68. The van der Waals surface area contributed by atoms with Crippen molar-refractivity contribution in [1.82, 2.24) is 9.13 Å². The number of aryl methyl sites for hydroxylation is 1. The number of aliphatic carboxylic acids is 1. The van der Waals surface area contributed by atoms with Crippen molar-refractivity contribution in [3.05, 3.63) is 86.7 Å². The van der Waals surface area contributed by atoms with Crippen LogP contribution in [0.3, 0.4) is 0 Å². The first kappa shape index (κ1) is 25.6. The summed E-state index contributed by atoms with van der Waals surface area (Å²) in [6.45, 7) is 1.64. The molecule has 0 saturated carbocycles. The summed E-state index contributed by atoms with van der Waals surface area (Å²) >= 11 is 0. The predicted octanol–water partition coefficient (Wildman–Crippen LogP) is 3.28.